The minimum atomic E-state index is -1.40. The van der Waals surface area contributed by atoms with Crippen molar-refractivity contribution in [1.29, 1.82) is 0 Å². The molecule has 2 aliphatic heterocycles. The van der Waals surface area contributed by atoms with Crippen LogP contribution >= 0.6 is 0 Å². The van der Waals surface area contributed by atoms with Crippen LogP contribution in [0, 0.1) is 11.2 Å². The van der Waals surface area contributed by atoms with Gasteiger partial charge in [-0.25, -0.2) is 4.39 Å². The molecule has 6 heteroatoms. The van der Waals surface area contributed by atoms with E-state index in [1.807, 2.05) is 24.3 Å². The normalized spacial score (nSPS) is 25.9. The van der Waals surface area contributed by atoms with Crippen molar-refractivity contribution in [3.05, 3.63) is 65.5 Å². The fourth-order valence-corrected chi connectivity index (χ4v) is 5.15. The van der Waals surface area contributed by atoms with Gasteiger partial charge < -0.3 is 9.47 Å². The molecule has 30 heavy (non-hydrogen) atoms. The van der Waals surface area contributed by atoms with Crippen LogP contribution in [0.1, 0.15) is 30.4 Å². The maximum absolute atomic E-state index is 14.5. The first-order valence-corrected chi connectivity index (χ1v) is 10.2. The summed E-state index contributed by atoms with van der Waals surface area (Å²) >= 11 is 0. The lowest BCUT2D eigenvalue weighted by Gasteiger charge is -2.45. The van der Waals surface area contributed by atoms with Crippen LogP contribution in [0.15, 0.2) is 48.5 Å². The van der Waals surface area contributed by atoms with Crippen molar-refractivity contribution in [3.8, 4) is 5.75 Å². The van der Waals surface area contributed by atoms with Gasteiger partial charge in [0.25, 0.3) is 0 Å². The third kappa shape index (κ3) is 3.39. The maximum Gasteiger partial charge on any atom is 0.321 e. The van der Waals surface area contributed by atoms with E-state index in [0.717, 1.165) is 17.7 Å². The van der Waals surface area contributed by atoms with Crippen molar-refractivity contribution < 1.29 is 23.5 Å². The van der Waals surface area contributed by atoms with Crippen molar-refractivity contribution in [3.63, 3.8) is 0 Å². The van der Waals surface area contributed by atoms with E-state index < -0.39 is 17.2 Å². The molecule has 2 heterocycles. The van der Waals surface area contributed by atoms with Crippen LogP contribution in [0.5, 0.6) is 5.75 Å². The molecule has 2 aromatic rings. The highest BCUT2D eigenvalue weighted by Gasteiger charge is 2.61. The second-order valence-corrected chi connectivity index (χ2v) is 8.13. The smallest absolute Gasteiger partial charge is 0.321 e. The number of esters is 1. The van der Waals surface area contributed by atoms with E-state index in [4.69, 9.17) is 9.47 Å². The van der Waals surface area contributed by atoms with Crippen LogP contribution in [0.4, 0.5) is 4.39 Å². The standard InChI is InChI=1S/C24H26FNO4/c1-29-19-8-5-6-16(12-19)15-26-18-10-11-21(26)24(22(27)13-18,23(28)30-2)14-17-7-3-4-9-20(17)25/h3-9,12,18,21H,10-11,13-15H2,1-2H3/t18-,21-,24-/m1/s1. The van der Waals surface area contributed by atoms with Gasteiger partial charge in [0.15, 0.2) is 5.78 Å². The zero-order chi connectivity index (χ0) is 21.3. The number of carbonyl (C=O) groups excluding carboxylic acids is 2. The summed E-state index contributed by atoms with van der Waals surface area (Å²) in [5.74, 6) is -0.365. The second kappa shape index (κ2) is 8.19. The number of fused-ring (bicyclic) bond motifs is 2. The first-order valence-electron chi connectivity index (χ1n) is 10.2. The maximum atomic E-state index is 14.5. The van der Waals surface area contributed by atoms with Crippen LogP contribution in [0.3, 0.4) is 0 Å². The number of ketones is 1. The summed E-state index contributed by atoms with van der Waals surface area (Å²) in [5.41, 5.74) is 0.0104. The van der Waals surface area contributed by atoms with E-state index in [1.54, 1.807) is 25.3 Å². The van der Waals surface area contributed by atoms with Gasteiger partial charge in [0.1, 0.15) is 17.0 Å². The van der Waals surface area contributed by atoms with E-state index in [1.165, 1.54) is 13.2 Å². The highest BCUT2D eigenvalue weighted by molar-refractivity contribution is 6.06. The van der Waals surface area contributed by atoms with Gasteiger partial charge in [0.05, 0.1) is 14.2 Å². The van der Waals surface area contributed by atoms with E-state index in [0.29, 0.717) is 18.5 Å². The molecular weight excluding hydrogens is 385 g/mol. The summed E-state index contributed by atoms with van der Waals surface area (Å²) in [6.07, 6.45) is 1.81. The summed E-state index contributed by atoms with van der Waals surface area (Å²) in [6.45, 7) is 0.593. The fraction of sp³-hybridized carbons (Fsp3) is 0.417. The number of ether oxygens (including phenoxy) is 2. The molecule has 2 aliphatic rings. The monoisotopic (exact) mass is 411 g/mol. The van der Waals surface area contributed by atoms with Gasteiger partial charge >= 0.3 is 5.97 Å². The number of hydrogen-bond donors (Lipinski definition) is 0. The Kier molecular flexibility index (Phi) is 5.60. The van der Waals surface area contributed by atoms with Crippen molar-refractivity contribution in [1.82, 2.24) is 4.90 Å². The third-order valence-electron chi connectivity index (χ3n) is 6.61. The Hall–Kier alpha value is -2.73. The summed E-state index contributed by atoms with van der Waals surface area (Å²) in [4.78, 5) is 28.6. The van der Waals surface area contributed by atoms with Gasteiger partial charge in [-0.15, -0.1) is 0 Å². The summed E-state index contributed by atoms with van der Waals surface area (Å²) in [7, 11) is 2.92. The molecule has 158 valence electrons. The van der Waals surface area contributed by atoms with Gasteiger partial charge in [0.2, 0.25) is 0 Å². The average Bonchev–Trinajstić information content (AvgIpc) is 3.07. The zero-order valence-electron chi connectivity index (χ0n) is 17.3. The highest BCUT2D eigenvalue weighted by atomic mass is 19.1. The predicted molar refractivity (Wildman–Crippen MR) is 110 cm³/mol. The van der Waals surface area contributed by atoms with Crippen LogP contribution in [-0.2, 0) is 27.3 Å². The summed E-state index contributed by atoms with van der Waals surface area (Å²) < 4.78 is 25.0. The van der Waals surface area contributed by atoms with E-state index in [-0.39, 0.29) is 30.7 Å². The predicted octanol–water partition coefficient (Wildman–Crippen LogP) is 3.54. The molecule has 3 atom stereocenters. The molecule has 2 saturated heterocycles. The van der Waals surface area contributed by atoms with Crippen molar-refractivity contribution in [2.75, 3.05) is 14.2 Å². The number of carbonyl (C=O) groups is 2. The molecule has 0 aliphatic carbocycles. The number of hydrogen-bond acceptors (Lipinski definition) is 5. The molecule has 2 bridgehead atoms. The van der Waals surface area contributed by atoms with Crippen molar-refractivity contribution in [2.45, 2.75) is 44.3 Å². The first kappa shape index (κ1) is 20.5. The number of benzene rings is 2. The lowest BCUT2D eigenvalue weighted by Crippen LogP contribution is -2.61. The Morgan fingerprint density at radius 2 is 1.97 bits per heavy atom. The van der Waals surface area contributed by atoms with Crippen LogP contribution in [-0.4, -0.2) is 43.0 Å². The minimum Gasteiger partial charge on any atom is -0.497 e. The Morgan fingerprint density at radius 1 is 1.17 bits per heavy atom. The van der Waals surface area contributed by atoms with Gasteiger partial charge in [-0.1, -0.05) is 30.3 Å². The van der Waals surface area contributed by atoms with Crippen molar-refractivity contribution in [2.24, 2.45) is 5.41 Å². The molecule has 0 spiro atoms. The quantitative estimate of drug-likeness (QED) is 0.538. The second-order valence-electron chi connectivity index (χ2n) is 8.13. The molecule has 0 radical (unpaired) electrons. The average molecular weight is 411 g/mol. The molecule has 2 aromatic carbocycles. The molecular formula is C24H26FNO4. The van der Waals surface area contributed by atoms with Gasteiger partial charge in [-0.05, 0) is 48.6 Å². The van der Waals surface area contributed by atoms with Gasteiger partial charge in [-0.2, -0.15) is 0 Å². The molecule has 0 N–H and O–H groups in total. The number of nitrogens with zero attached hydrogens (tertiary/aromatic N) is 1. The molecule has 0 aromatic heterocycles. The minimum absolute atomic E-state index is 0.0111. The molecule has 0 unspecified atom stereocenters. The number of piperidine rings is 1. The van der Waals surface area contributed by atoms with Gasteiger partial charge in [0, 0.05) is 25.0 Å². The van der Waals surface area contributed by atoms with Crippen LogP contribution in [0.2, 0.25) is 0 Å². The Bertz CT molecular complexity index is 962. The first-order chi connectivity index (χ1) is 14.5. The topological polar surface area (TPSA) is 55.8 Å². The lowest BCUT2D eigenvalue weighted by atomic mass is 9.68. The third-order valence-corrected chi connectivity index (χ3v) is 6.61. The summed E-state index contributed by atoms with van der Waals surface area (Å²) in [5, 5.41) is 0. The number of Topliss-reactive ketones (excluding diaryl/α,β-unsaturated/α-hetero) is 1. The number of halogens is 1. The molecule has 2 fully saturated rings. The Morgan fingerprint density at radius 3 is 2.70 bits per heavy atom. The van der Waals surface area contributed by atoms with E-state index >= 15 is 0 Å². The summed E-state index contributed by atoms with van der Waals surface area (Å²) in [6, 6.07) is 13.9. The van der Waals surface area contributed by atoms with Crippen LogP contribution in [0.25, 0.3) is 0 Å². The molecule has 5 nitrogen and oxygen atoms in total. The lowest BCUT2D eigenvalue weighted by molar-refractivity contribution is -0.167. The van der Waals surface area contributed by atoms with Crippen molar-refractivity contribution >= 4 is 11.8 Å². The van der Waals surface area contributed by atoms with E-state index in [2.05, 4.69) is 4.90 Å². The highest BCUT2D eigenvalue weighted by Crippen LogP contribution is 2.48. The van der Waals surface area contributed by atoms with E-state index in [9.17, 15) is 14.0 Å². The van der Waals surface area contributed by atoms with Gasteiger partial charge in [-0.3, -0.25) is 14.5 Å². The fourth-order valence-electron chi connectivity index (χ4n) is 5.15. The largest absolute Gasteiger partial charge is 0.497 e. The Labute approximate surface area is 175 Å². The van der Waals surface area contributed by atoms with Crippen LogP contribution < -0.4 is 4.74 Å². The zero-order valence-corrected chi connectivity index (χ0v) is 17.3. The molecule has 0 amide bonds. The number of rotatable bonds is 6. The molecule has 0 saturated carbocycles. The number of methoxy groups -OCH3 is 2. The molecule has 4 rings (SSSR count). The Balaban J connectivity index is 1.72. The SMILES string of the molecule is COC(=O)[C@@]1(Cc2ccccc2F)C(=O)C[C@H]2CC[C@H]1N2Cc1cccc(OC)c1.